The van der Waals surface area contributed by atoms with Crippen molar-refractivity contribution in [1.82, 2.24) is 5.32 Å². The second-order valence-electron chi connectivity index (χ2n) is 5.25. The minimum Gasteiger partial charge on any atom is -0.344 e. The highest BCUT2D eigenvalue weighted by atomic mass is 16.2. The molecule has 0 fully saturated rings. The van der Waals surface area contributed by atoms with E-state index in [9.17, 15) is 9.59 Å². The fourth-order valence-electron chi connectivity index (χ4n) is 2.24. The van der Waals surface area contributed by atoms with Gasteiger partial charge in [0.25, 0.3) is 0 Å². The summed E-state index contributed by atoms with van der Waals surface area (Å²) in [5.74, 6) is -0.242. The Morgan fingerprint density at radius 3 is 2.58 bits per heavy atom. The summed E-state index contributed by atoms with van der Waals surface area (Å²) in [6, 6.07) is 7.43. The van der Waals surface area contributed by atoms with Gasteiger partial charge < -0.3 is 10.2 Å². The lowest BCUT2D eigenvalue weighted by molar-refractivity contribution is -0.129. The Morgan fingerprint density at radius 1 is 1.21 bits per heavy atom. The van der Waals surface area contributed by atoms with Crippen LogP contribution in [0, 0.1) is 5.92 Å². The van der Waals surface area contributed by atoms with Gasteiger partial charge >= 0.3 is 0 Å². The molecule has 2 rings (SSSR count). The Hall–Kier alpha value is -1.84. The molecule has 1 aromatic carbocycles. The van der Waals surface area contributed by atoms with Crippen molar-refractivity contribution >= 4 is 17.5 Å². The van der Waals surface area contributed by atoms with Gasteiger partial charge in [0.1, 0.15) is 6.04 Å². The van der Waals surface area contributed by atoms with Gasteiger partial charge in [-0.2, -0.15) is 0 Å². The first-order valence-corrected chi connectivity index (χ1v) is 6.70. The largest absolute Gasteiger partial charge is 0.344 e. The zero-order chi connectivity index (χ0) is 14.0. The van der Waals surface area contributed by atoms with Crippen LogP contribution in [0.25, 0.3) is 0 Å². The van der Waals surface area contributed by atoms with E-state index in [2.05, 4.69) is 5.32 Å². The van der Waals surface area contributed by atoms with Crippen molar-refractivity contribution in [2.75, 3.05) is 11.4 Å². The van der Waals surface area contributed by atoms with Crippen molar-refractivity contribution in [2.45, 2.75) is 33.2 Å². The van der Waals surface area contributed by atoms with Gasteiger partial charge in [0.15, 0.2) is 0 Å². The minimum atomic E-state index is -0.485. The molecule has 1 heterocycles. The molecule has 4 nitrogen and oxygen atoms in total. The number of benzene rings is 1. The lowest BCUT2D eigenvalue weighted by atomic mass is 10.1. The average Bonchev–Trinajstić information content (AvgIpc) is 2.81. The van der Waals surface area contributed by atoms with E-state index in [1.807, 2.05) is 38.1 Å². The zero-order valence-corrected chi connectivity index (χ0v) is 11.6. The number of nitrogens with one attached hydrogen (secondary N) is 1. The lowest BCUT2D eigenvalue weighted by Crippen LogP contribution is -2.47. The average molecular weight is 260 g/mol. The third-order valence-electron chi connectivity index (χ3n) is 3.41. The summed E-state index contributed by atoms with van der Waals surface area (Å²) in [7, 11) is 0. The Labute approximate surface area is 113 Å². The molecule has 0 saturated heterocycles. The van der Waals surface area contributed by atoms with Crippen LogP contribution in [-0.4, -0.2) is 24.4 Å². The standard InChI is InChI=1S/C15H20N2O2/c1-10(2)14(18)16-11(3)15(19)17-9-8-12-6-4-5-7-13(12)17/h4-7,10-11H,8-9H2,1-3H3,(H,16,18)/t11-/m0/s1. The number of hydrogen-bond acceptors (Lipinski definition) is 2. The summed E-state index contributed by atoms with van der Waals surface area (Å²) in [5.41, 5.74) is 2.16. The molecular weight excluding hydrogens is 240 g/mol. The predicted octanol–water partition coefficient (Wildman–Crippen LogP) is 1.74. The SMILES string of the molecule is CC(C)C(=O)N[C@@H](C)C(=O)N1CCc2ccccc21. The summed E-state index contributed by atoms with van der Waals surface area (Å²) in [6.07, 6.45) is 0.882. The highest BCUT2D eigenvalue weighted by Crippen LogP contribution is 2.27. The minimum absolute atomic E-state index is 0.0426. The van der Waals surface area contributed by atoms with Crippen LogP contribution >= 0.6 is 0 Å². The topological polar surface area (TPSA) is 49.4 Å². The smallest absolute Gasteiger partial charge is 0.249 e. The maximum absolute atomic E-state index is 12.4. The van der Waals surface area contributed by atoms with Crippen LogP contribution in [0.2, 0.25) is 0 Å². The zero-order valence-electron chi connectivity index (χ0n) is 11.6. The first-order chi connectivity index (χ1) is 9.00. The number of hydrogen-bond donors (Lipinski definition) is 1. The summed E-state index contributed by atoms with van der Waals surface area (Å²) in [5, 5.41) is 2.76. The molecule has 19 heavy (non-hydrogen) atoms. The number of carbonyl (C=O) groups excluding carboxylic acids is 2. The molecule has 0 saturated carbocycles. The van der Waals surface area contributed by atoms with Gasteiger partial charge in [-0.25, -0.2) is 0 Å². The number of amides is 2. The molecule has 1 aliphatic rings. The van der Waals surface area contributed by atoms with Crippen LogP contribution in [0.5, 0.6) is 0 Å². The van der Waals surface area contributed by atoms with Crippen LogP contribution in [-0.2, 0) is 16.0 Å². The molecular formula is C15H20N2O2. The second-order valence-corrected chi connectivity index (χ2v) is 5.25. The second kappa shape index (κ2) is 5.43. The maximum Gasteiger partial charge on any atom is 0.249 e. The van der Waals surface area contributed by atoms with Crippen molar-refractivity contribution in [3.05, 3.63) is 29.8 Å². The molecule has 102 valence electrons. The summed E-state index contributed by atoms with van der Waals surface area (Å²) >= 11 is 0. The number of nitrogens with zero attached hydrogens (tertiary/aromatic N) is 1. The van der Waals surface area contributed by atoms with E-state index < -0.39 is 6.04 Å². The maximum atomic E-state index is 12.4. The predicted molar refractivity (Wildman–Crippen MR) is 74.9 cm³/mol. The highest BCUT2D eigenvalue weighted by Gasteiger charge is 2.28. The first kappa shape index (κ1) is 13.6. The van der Waals surface area contributed by atoms with E-state index in [4.69, 9.17) is 0 Å². The Kier molecular flexibility index (Phi) is 3.88. The Balaban J connectivity index is 2.07. The molecule has 4 heteroatoms. The van der Waals surface area contributed by atoms with Crippen molar-refractivity contribution in [2.24, 2.45) is 5.92 Å². The number of carbonyl (C=O) groups is 2. The van der Waals surface area contributed by atoms with Gasteiger partial charge in [-0.15, -0.1) is 0 Å². The van der Waals surface area contributed by atoms with Crippen molar-refractivity contribution in [3.63, 3.8) is 0 Å². The van der Waals surface area contributed by atoms with Crippen LogP contribution in [0.1, 0.15) is 26.3 Å². The van der Waals surface area contributed by atoms with Gasteiger partial charge in [0, 0.05) is 18.2 Å². The van der Waals surface area contributed by atoms with E-state index in [0.717, 1.165) is 12.1 Å². The molecule has 0 aliphatic carbocycles. The van der Waals surface area contributed by atoms with E-state index >= 15 is 0 Å². The van der Waals surface area contributed by atoms with Crippen LogP contribution < -0.4 is 10.2 Å². The van der Waals surface area contributed by atoms with Crippen LogP contribution in [0.15, 0.2) is 24.3 Å². The molecule has 1 N–H and O–H groups in total. The molecule has 0 radical (unpaired) electrons. The van der Waals surface area contributed by atoms with Gasteiger partial charge in [-0.3, -0.25) is 9.59 Å². The Morgan fingerprint density at radius 2 is 1.89 bits per heavy atom. The summed E-state index contributed by atoms with van der Waals surface area (Å²) in [4.78, 5) is 25.8. The van der Waals surface area contributed by atoms with Gasteiger partial charge in [-0.05, 0) is 25.0 Å². The van der Waals surface area contributed by atoms with Crippen molar-refractivity contribution in [1.29, 1.82) is 0 Å². The third kappa shape index (κ3) is 2.78. The van der Waals surface area contributed by atoms with Crippen LogP contribution in [0.3, 0.4) is 0 Å². The third-order valence-corrected chi connectivity index (χ3v) is 3.41. The number of fused-ring (bicyclic) bond motifs is 1. The molecule has 0 aromatic heterocycles. The van der Waals surface area contributed by atoms with E-state index in [-0.39, 0.29) is 17.7 Å². The van der Waals surface area contributed by atoms with Gasteiger partial charge in [0.2, 0.25) is 11.8 Å². The number of anilines is 1. The van der Waals surface area contributed by atoms with Gasteiger partial charge in [-0.1, -0.05) is 32.0 Å². The quantitative estimate of drug-likeness (QED) is 0.900. The lowest BCUT2D eigenvalue weighted by Gasteiger charge is -2.23. The van der Waals surface area contributed by atoms with E-state index in [0.29, 0.717) is 6.54 Å². The normalized spacial score (nSPS) is 15.3. The van der Waals surface area contributed by atoms with Crippen LogP contribution in [0.4, 0.5) is 5.69 Å². The number of para-hydroxylation sites is 1. The fraction of sp³-hybridized carbons (Fsp3) is 0.467. The number of rotatable bonds is 3. The molecule has 1 aromatic rings. The molecule has 0 unspecified atom stereocenters. The van der Waals surface area contributed by atoms with Crippen molar-refractivity contribution < 1.29 is 9.59 Å². The first-order valence-electron chi connectivity index (χ1n) is 6.70. The highest BCUT2D eigenvalue weighted by molar-refractivity contribution is 6.00. The molecule has 0 spiro atoms. The molecule has 1 aliphatic heterocycles. The fourth-order valence-corrected chi connectivity index (χ4v) is 2.24. The Bertz CT molecular complexity index is 497. The monoisotopic (exact) mass is 260 g/mol. The summed E-state index contributed by atoms with van der Waals surface area (Å²) < 4.78 is 0. The van der Waals surface area contributed by atoms with Crippen molar-refractivity contribution in [3.8, 4) is 0 Å². The van der Waals surface area contributed by atoms with E-state index in [1.54, 1.807) is 11.8 Å². The summed E-state index contributed by atoms with van der Waals surface area (Å²) in [6.45, 7) is 6.07. The molecule has 0 bridgehead atoms. The molecule has 1 atom stereocenters. The van der Waals surface area contributed by atoms with E-state index in [1.165, 1.54) is 5.56 Å². The molecule has 2 amide bonds. The van der Waals surface area contributed by atoms with Gasteiger partial charge in [0.05, 0.1) is 0 Å².